The number of nitrogens with one attached hydrogen (secondary N) is 2. The predicted molar refractivity (Wildman–Crippen MR) is 110 cm³/mol. The normalized spacial score (nSPS) is 10.7. The fraction of sp³-hybridized carbons (Fsp3) is 0.278. The highest BCUT2D eigenvalue weighted by Gasteiger charge is 2.11. The van der Waals surface area contributed by atoms with Crippen LogP contribution in [-0.4, -0.2) is 32.3 Å². The maximum Gasteiger partial charge on any atom is 0.200 e. The number of methoxy groups -OCH3 is 2. The highest BCUT2D eigenvalue weighted by atomic mass is 127. The third kappa shape index (κ3) is 5.94. The number of aliphatic imine (C=N–C) groups is 1. The zero-order valence-electron chi connectivity index (χ0n) is 14.9. The molecule has 0 heterocycles. The molecule has 142 valence electrons. The molecule has 0 unspecified atom stereocenters. The summed E-state index contributed by atoms with van der Waals surface area (Å²) >= 11 is 0. The van der Waals surface area contributed by atoms with Crippen molar-refractivity contribution in [2.75, 3.05) is 21.3 Å². The van der Waals surface area contributed by atoms with E-state index in [0.717, 1.165) is 11.1 Å². The molecule has 2 rings (SSSR count). The first-order chi connectivity index (χ1) is 12.1. The van der Waals surface area contributed by atoms with Gasteiger partial charge in [0, 0.05) is 20.1 Å². The van der Waals surface area contributed by atoms with E-state index < -0.39 is 0 Å². The lowest BCUT2D eigenvalue weighted by atomic mass is 10.2. The summed E-state index contributed by atoms with van der Waals surface area (Å²) in [6.07, 6.45) is 0. The third-order valence-corrected chi connectivity index (χ3v) is 3.60. The molecule has 0 fully saturated rings. The van der Waals surface area contributed by atoms with Crippen LogP contribution < -0.4 is 20.1 Å². The van der Waals surface area contributed by atoms with Crippen molar-refractivity contribution in [2.45, 2.75) is 13.1 Å². The van der Waals surface area contributed by atoms with Crippen molar-refractivity contribution in [3.63, 3.8) is 0 Å². The Labute approximate surface area is 169 Å². The summed E-state index contributed by atoms with van der Waals surface area (Å²) in [6, 6.07) is 9.71. The van der Waals surface area contributed by atoms with Gasteiger partial charge in [-0.3, -0.25) is 4.99 Å². The quantitative estimate of drug-likeness (QED) is 0.341. The molecular weight excluding hydrogens is 452 g/mol. The maximum absolute atomic E-state index is 12.9. The number of aromatic hydroxyl groups is 1. The summed E-state index contributed by atoms with van der Waals surface area (Å²) in [7, 11) is 4.63. The maximum atomic E-state index is 12.9. The number of benzene rings is 2. The van der Waals surface area contributed by atoms with E-state index in [9.17, 15) is 9.50 Å². The molecule has 3 N–H and O–H groups in total. The van der Waals surface area contributed by atoms with Crippen LogP contribution in [0.5, 0.6) is 17.2 Å². The average molecular weight is 475 g/mol. The number of hydrogen-bond donors (Lipinski definition) is 3. The van der Waals surface area contributed by atoms with Crippen molar-refractivity contribution in [3.8, 4) is 17.2 Å². The van der Waals surface area contributed by atoms with E-state index in [2.05, 4.69) is 15.6 Å². The molecule has 0 bridgehead atoms. The van der Waals surface area contributed by atoms with E-state index in [-0.39, 0.29) is 35.5 Å². The molecule has 0 amide bonds. The Morgan fingerprint density at radius 2 is 1.50 bits per heavy atom. The van der Waals surface area contributed by atoms with Gasteiger partial charge in [0.25, 0.3) is 0 Å². The summed E-state index contributed by atoms with van der Waals surface area (Å²) in [5.74, 6) is 0.972. The van der Waals surface area contributed by atoms with Gasteiger partial charge in [0.1, 0.15) is 5.82 Å². The number of rotatable bonds is 6. The fourth-order valence-electron chi connectivity index (χ4n) is 2.24. The van der Waals surface area contributed by atoms with Gasteiger partial charge in [0.15, 0.2) is 17.5 Å². The van der Waals surface area contributed by atoms with Crippen LogP contribution in [0, 0.1) is 5.82 Å². The van der Waals surface area contributed by atoms with Crippen LogP contribution in [0.4, 0.5) is 4.39 Å². The van der Waals surface area contributed by atoms with Gasteiger partial charge in [-0.2, -0.15) is 0 Å². The SMILES string of the molecule is CN=C(NCc1ccc(F)cc1)NCc1cc(OC)c(O)c(OC)c1.I. The van der Waals surface area contributed by atoms with Gasteiger partial charge < -0.3 is 25.2 Å². The lowest BCUT2D eigenvalue weighted by Gasteiger charge is -2.14. The van der Waals surface area contributed by atoms with E-state index in [1.165, 1.54) is 26.4 Å². The topological polar surface area (TPSA) is 75.1 Å². The van der Waals surface area contributed by atoms with Crippen LogP contribution in [0.3, 0.4) is 0 Å². The van der Waals surface area contributed by atoms with E-state index in [1.54, 1.807) is 31.3 Å². The smallest absolute Gasteiger partial charge is 0.200 e. The van der Waals surface area contributed by atoms with Gasteiger partial charge in [0.05, 0.1) is 14.2 Å². The largest absolute Gasteiger partial charge is 0.502 e. The number of guanidine groups is 1. The van der Waals surface area contributed by atoms with Crippen molar-refractivity contribution < 1.29 is 19.0 Å². The van der Waals surface area contributed by atoms with E-state index in [4.69, 9.17) is 9.47 Å². The first kappa shape index (κ1) is 21.8. The molecular formula is C18H23FIN3O3. The molecule has 0 saturated carbocycles. The van der Waals surface area contributed by atoms with Crippen LogP contribution in [0.2, 0.25) is 0 Å². The number of phenolic OH excluding ortho intramolecular Hbond substituents is 1. The molecule has 0 saturated heterocycles. The van der Waals surface area contributed by atoms with Gasteiger partial charge >= 0.3 is 0 Å². The Balaban J connectivity index is 0.00000338. The predicted octanol–water partition coefficient (Wildman–Crippen LogP) is 3.03. The zero-order valence-corrected chi connectivity index (χ0v) is 17.2. The zero-order chi connectivity index (χ0) is 18.2. The highest BCUT2D eigenvalue weighted by molar-refractivity contribution is 14.0. The second-order valence-electron chi connectivity index (χ2n) is 5.25. The van der Waals surface area contributed by atoms with Crippen LogP contribution >= 0.6 is 24.0 Å². The molecule has 2 aromatic rings. The number of hydrogen-bond acceptors (Lipinski definition) is 4. The summed E-state index contributed by atoms with van der Waals surface area (Å²) in [4.78, 5) is 4.15. The molecule has 2 aromatic carbocycles. The summed E-state index contributed by atoms with van der Waals surface area (Å²) in [5, 5.41) is 16.2. The van der Waals surface area contributed by atoms with Crippen molar-refractivity contribution in [1.82, 2.24) is 10.6 Å². The number of phenols is 1. The van der Waals surface area contributed by atoms with Crippen molar-refractivity contribution in [2.24, 2.45) is 4.99 Å². The van der Waals surface area contributed by atoms with E-state index >= 15 is 0 Å². The highest BCUT2D eigenvalue weighted by Crippen LogP contribution is 2.36. The molecule has 0 radical (unpaired) electrons. The number of ether oxygens (including phenoxy) is 2. The molecule has 8 heteroatoms. The van der Waals surface area contributed by atoms with Crippen LogP contribution in [0.25, 0.3) is 0 Å². The van der Waals surface area contributed by atoms with Crippen molar-refractivity contribution in [1.29, 1.82) is 0 Å². The molecule has 0 aliphatic heterocycles. The molecule has 0 aliphatic carbocycles. The average Bonchev–Trinajstić information content (AvgIpc) is 2.64. The summed E-state index contributed by atoms with van der Waals surface area (Å²) in [5.41, 5.74) is 1.80. The van der Waals surface area contributed by atoms with Crippen LogP contribution in [0.15, 0.2) is 41.4 Å². The van der Waals surface area contributed by atoms with Gasteiger partial charge in [-0.05, 0) is 35.4 Å². The van der Waals surface area contributed by atoms with Gasteiger partial charge in [-0.15, -0.1) is 24.0 Å². The second kappa shape index (κ2) is 10.7. The number of nitrogens with zero attached hydrogens (tertiary/aromatic N) is 1. The van der Waals surface area contributed by atoms with Crippen LogP contribution in [0.1, 0.15) is 11.1 Å². The minimum Gasteiger partial charge on any atom is -0.502 e. The molecule has 0 spiro atoms. The first-order valence-electron chi connectivity index (χ1n) is 7.70. The standard InChI is InChI=1S/C18H22FN3O3.HI/c1-20-18(21-10-12-4-6-14(19)7-5-12)22-11-13-8-15(24-2)17(23)16(9-13)25-3;/h4-9,23H,10-11H2,1-3H3,(H2,20,21,22);1H. The van der Waals surface area contributed by atoms with Gasteiger partial charge in [-0.25, -0.2) is 4.39 Å². The Hall–Kier alpha value is -2.23. The second-order valence-corrected chi connectivity index (χ2v) is 5.25. The minimum atomic E-state index is -0.263. The van der Waals surface area contributed by atoms with E-state index in [1.807, 2.05) is 0 Å². The summed E-state index contributed by atoms with van der Waals surface area (Å²) in [6.45, 7) is 0.971. The lowest BCUT2D eigenvalue weighted by molar-refractivity contribution is 0.339. The Morgan fingerprint density at radius 1 is 1.00 bits per heavy atom. The number of halogens is 2. The van der Waals surface area contributed by atoms with Crippen molar-refractivity contribution in [3.05, 3.63) is 53.3 Å². The van der Waals surface area contributed by atoms with Crippen molar-refractivity contribution >= 4 is 29.9 Å². The Morgan fingerprint density at radius 3 is 1.96 bits per heavy atom. The molecule has 0 aliphatic rings. The monoisotopic (exact) mass is 475 g/mol. The molecule has 0 atom stereocenters. The molecule has 6 nitrogen and oxygen atoms in total. The lowest BCUT2D eigenvalue weighted by Crippen LogP contribution is -2.36. The molecule has 0 aromatic heterocycles. The van der Waals surface area contributed by atoms with Crippen LogP contribution in [-0.2, 0) is 13.1 Å². The fourth-order valence-corrected chi connectivity index (χ4v) is 2.24. The minimum absolute atomic E-state index is 0. The Kier molecular flexibility index (Phi) is 8.97. The van der Waals surface area contributed by atoms with E-state index in [0.29, 0.717) is 30.5 Å². The third-order valence-electron chi connectivity index (χ3n) is 3.60. The summed E-state index contributed by atoms with van der Waals surface area (Å²) < 4.78 is 23.2. The van der Waals surface area contributed by atoms with Gasteiger partial charge in [-0.1, -0.05) is 12.1 Å². The molecule has 26 heavy (non-hydrogen) atoms. The first-order valence-corrected chi connectivity index (χ1v) is 7.70. The van der Waals surface area contributed by atoms with Gasteiger partial charge in [0.2, 0.25) is 5.75 Å². The Bertz CT molecular complexity index is 714.